The Morgan fingerprint density at radius 2 is 1.72 bits per heavy atom. The highest BCUT2D eigenvalue weighted by molar-refractivity contribution is 6.02. The molecule has 2 aliphatic heterocycles. The summed E-state index contributed by atoms with van der Waals surface area (Å²) in [5, 5.41) is 28.7. The summed E-state index contributed by atoms with van der Waals surface area (Å²) in [4.78, 5) is 94.0. The van der Waals surface area contributed by atoms with Crippen molar-refractivity contribution in [3.63, 3.8) is 0 Å². The number of carbonyl (C=O) groups is 7. The zero-order valence-electron chi connectivity index (χ0n) is 25.5. The number of aliphatic hydroxyl groups excluding tert-OH is 1. The highest BCUT2D eigenvalue weighted by atomic mass is 16.3. The molecule has 2 aliphatic rings. The van der Waals surface area contributed by atoms with Gasteiger partial charge in [0.25, 0.3) is 5.91 Å². The van der Waals surface area contributed by atoms with Crippen LogP contribution in [0.2, 0.25) is 0 Å². The average molecular weight is 669 g/mol. The van der Waals surface area contributed by atoms with Crippen LogP contribution in [0.4, 0.5) is 4.79 Å². The third kappa shape index (κ3) is 12.7. The molecule has 2 heterocycles. The number of amides is 8. The van der Waals surface area contributed by atoms with Crippen LogP contribution in [0, 0.1) is 0 Å². The molecule has 2 unspecified atom stereocenters. The Morgan fingerprint density at radius 3 is 2.36 bits per heavy atom. The minimum Gasteiger partial charge on any atom is -0.394 e. The molecule has 0 aliphatic carbocycles. The van der Waals surface area contributed by atoms with Gasteiger partial charge in [0.2, 0.25) is 29.5 Å². The van der Waals surface area contributed by atoms with Gasteiger partial charge in [-0.2, -0.15) is 0 Å². The fourth-order valence-corrected chi connectivity index (χ4v) is 4.33. The summed E-state index contributed by atoms with van der Waals surface area (Å²) < 4.78 is 0. The second kappa shape index (κ2) is 18.8. The third-order valence-corrected chi connectivity index (χ3v) is 6.88. The van der Waals surface area contributed by atoms with Gasteiger partial charge < -0.3 is 76.3 Å². The monoisotopic (exact) mass is 668 g/mol. The molecule has 0 aromatic rings. The van der Waals surface area contributed by atoms with Crippen molar-refractivity contribution in [3.8, 4) is 0 Å². The highest BCUT2D eigenvalue weighted by Gasteiger charge is 2.35. The molecule has 22 heteroatoms. The van der Waals surface area contributed by atoms with Crippen molar-refractivity contribution in [3.05, 3.63) is 11.9 Å². The fraction of sp³-hybridized carbons (Fsp3) is 0.600. The van der Waals surface area contributed by atoms with E-state index in [1.54, 1.807) is 0 Å². The van der Waals surface area contributed by atoms with Crippen molar-refractivity contribution in [1.82, 2.24) is 42.5 Å². The summed E-state index contributed by atoms with van der Waals surface area (Å²) in [6.45, 7) is -1.28. The molecule has 0 bridgehead atoms. The van der Waals surface area contributed by atoms with Gasteiger partial charge in [0.15, 0.2) is 5.96 Å². The van der Waals surface area contributed by atoms with E-state index in [4.69, 9.17) is 28.7 Å². The van der Waals surface area contributed by atoms with Crippen molar-refractivity contribution in [2.45, 2.75) is 61.9 Å². The number of carbonyl (C=O) groups excluding carboxylic acids is 7. The molecule has 2 rings (SSSR count). The molecule has 0 aromatic carbocycles. The Labute approximate surface area is 269 Å². The topological polar surface area (TPSA) is 378 Å². The maximum atomic E-state index is 13.5. The van der Waals surface area contributed by atoms with Crippen LogP contribution in [0.3, 0.4) is 0 Å². The van der Waals surface area contributed by atoms with Gasteiger partial charge >= 0.3 is 6.03 Å². The predicted molar refractivity (Wildman–Crippen MR) is 165 cm³/mol. The summed E-state index contributed by atoms with van der Waals surface area (Å²) in [6, 6.07) is -8.68. The number of hydrogen-bond donors (Lipinski definition) is 14. The number of aliphatic imine (C=N–C) groups is 1. The molecule has 6 atom stereocenters. The van der Waals surface area contributed by atoms with Crippen LogP contribution in [-0.2, 0) is 28.8 Å². The van der Waals surface area contributed by atoms with Crippen molar-refractivity contribution in [1.29, 1.82) is 0 Å². The van der Waals surface area contributed by atoms with Gasteiger partial charge in [-0.1, -0.05) is 0 Å². The summed E-state index contributed by atoms with van der Waals surface area (Å²) in [5.41, 5.74) is 27.6. The Balaban J connectivity index is 2.47. The molecule has 262 valence electrons. The largest absolute Gasteiger partial charge is 0.394 e. The second-order valence-corrected chi connectivity index (χ2v) is 10.7. The number of primary amides is 1. The van der Waals surface area contributed by atoms with Gasteiger partial charge in [0.1, 0.15) is 29.9 Å². The number of nitrogens with one attached hydrogen (secondary N) is 8. The molecule has 0 saturated carbocycles. The zero-order valence-corrected chi connectivity index (χ0v) is 25.5. The molecule has 0 spiro atoms. The van der Waals surface area contributed by atoms with Crippen LogP contribution >= 0.6 is 0 Å². The maximum Gasteiger partial charge on any atom is 0.316 e. The van der Waals surface area contributed by atoms with E-state index in [0.29, 0.717) is 19.4 Å². The van der Waals surface area contributed by atoms with Crippen LogP contribution < -0.4 is 71.2 Å². The van der Waals surface area contributed by atoms with Crippen molar-refractivity contribution >= 4 is 47.4 Å². The third-order valence-electron chi connectivity index (χ3n) is 6.88. The standard InChI is InChI=1S/C25H44N14O8/c26-4-1-2-11(27)6-17(41)32-8-14-20(43)35-15(9-34-25(30)47)21(44)39-18(13-3-5-31-24(29)38-13)23(46)33-7-12(28)19(42)37-16(10-40)22(45)36-14/h9,11-14,16,18,40H,1-8,10,26-28H2,(H,32,41)(H,33,46)(H,35,43)(H,36,45)(H,37,42)(H,39,44)(H3,29,31,38)(H3,30,34,47)/b15-9+/t11-,12-,13+,14?,16-,18?/m0/s1. The Kier molecular flexibility index (Phi) is 15.2. The zero-order chi connectivity index (χ0) is 35.1. The molecule has 8 amide bonds. The molecule has 0 aromatic heterocycles. The number of hydrogen-bond acceptors (Lipinski definition) is 14. The molecular formula is C25H44N14O8. The van der Waals surface area contributed by atoms with E-state index in [-0.39, 0.29) is 25.3 Å². The number of aliphatic hydroxyl groups is 1. The number of guanidine groups is 1. The van der Waals surface area contributed by atoms with Gasteiger partial charge in [-0.05, 0) is 25.8 Å². The van der Waals surface area contributed by atoms with Gasteiger partial charge in [-0.15, -0.1) is 0 Å². The Morgan fingerprint density at radius 1 is 1.02 bits per heavy atom. The Bertz CT molecular complexity index is 1240. The minimum absolute atomic E-state index is 0.0120. The smallest absolute Gasteiger partial charge is 0.316 e. The SMILES string of the molecule is NCCC[C@H](N)CC(=O)NCC1NC(=O)[C@H](CO)NC(=O)[C@@H](N)CNC(=O)C([C@H]2CCNC(N)=N2)NC(=O)/C(=C\NC(N)=O)NC1=O. The lowest BCUT2D eigenvalue weighted by Crippen LogP contribution is -2.62. The van der Waals surface area contributed by atoms with Crippen LogP contribution in [-0.4, -0.2) is 122 Å². The first-order chi connectivity index (χ1) is 22.2. The second-order valence-electron chi connectivity index (χ2n) is 10.7. The predicted octanol–water partition coefficient (Wildman–Crippen LogP) is -8.23. The van der Waals surface area contributed by atoms with Crippen LogP contribution in [0.1, 0.15) is 25.7 Å². The molecule has 47 heavy (non-hydrogen) atoms. The van der Waals surface area contributed by atoms with E-state index in [2.05, 4.69) is 42.2 Å². The first kappa shape index (κ1) is 38.1. The lowest BCUT2D eigenvalue weighted by atomic mass is 10.0. The molecule has 1 fully saturated rings. The van der Waals surface area contributed by atoms with Crippen LogP contribution in [0.5, 0.6) is 0 Å². The maximum absolute atomic E-state index is 13.5. The number of nitrogens with zero attached hydrogens (tertiary/aromatic N) is 1. The van der Waals surface area contributed by atoms with E-state index < -0.39 is 103 Å². The average Bonchev–Trinajstić information content (AvgIpc) is 3.02. The number of urea groups is 1. The normalized spacial score (nSPS) is 26.3. The fourth-order valence-electron chi connectivity index (χ4n) is 4.33. The summed E-state index contributed by atoms with van der Waals surface area (Å²) in [6.07, 6.45) is 1.85. The lowest BCUT2D eigenvalue weighted by molar-refractivity contribution is -0.134. The van der Waals surface area contributed by atoms with Gasteiger partial charge in [-0.3, -0.25) is 28.8 Å². The molecule has 22 nitrogen and oxygen atoms in total. The molecule has 19 N–H and O–H groups in total. The van der Waals surface area contributed by atoms with E-state index in [1.807, 2.05) is 5.32 Å². The summed E-state index contributed by atoms with van der Waals surface area (Å²) in [7, 11) is 0. The quantitative estimate of drug-likeness (QED) is 0.0963. The molecular weight excluding hydrogens is 624 g/mol. The van der Waals surface area contributed by atoms with Crippen molar-refractivity contribution in [2.75, 3.05) is 32.8 Å². The lowest BCUT2D eigenvalue weighted by Gasteiger charge is -2.29. The van der Waals surface area contributed by atoms with Crippen molar-refractivity contribution < 1.29 is 38.7 Å². The van der Waals surface area contributed by atoms with Gasteiger partial charge in [0, 0.05) is 38.3 Å². The first-order valence-corrected chi connectivity index (χ1v) is 14.7. The van der Waals surface area contributed by atoms with Crippen molar-refractivity contribution in [2.24, 2.45) is 33.7 Å². The van der Waals surface area contributed by atoms with E-state index >= 15 is 0 Å². The van der Waals surface area contributed by atoms with E-state index in [1.165, 1.54) is 0 Å². The molecule has 1 saturated heterocycles. The number of nitrogens with two attached hydrogens (primary N) is 5. The van der Waals surface area contributed by atoms with Gasteiger partial charge in [0.05, 0.1) is 12.6 Å². The summed E-state index contributed by atoms with van der Waals surface area (Å²) >= 11 is 0. The molecule has 0 radical (unpaired) electrons. The number of rotatable bonds is 10. The first-order valence-electron chi connectivity index (χ1n) is 14.7. The minimum atomic E-state index is -1.63. The highest BCUT2D eigenvalue weighted by Crippen LogP contribution is 2.09. The summed E-state index contributed by atoms with van der Waals surface area (Å²) in [5.74, 6) is -5.65. The van der Waals surface area contributed by atoms with E-state index in [9.17, 15) is 38.7 Å². The van der Waals surface area contributed by atoms with Crippen LogP contribution in [0.15, 0.2) is 16.9 Å². The van der Waals surface area contributed by atoms with Crippen LogP contribution in [0.25, 0.3) is 0 Å². The van der Waals surface area contributed by atoms with Gasteiger partial charge in [-0.25, -0.2) is 9.79 Å². The Hall–Kier alpha value is -5.06. The van der Waals surface area contributed by atoms with E-state index in [0.717, 1.165) is 6.20 Å².